The van der Waals surface area contributed by atoms with Gasteiger partial charge in [-0.05, 0) is 37.6 Å². The number of nitrogen functional groups attached to an aromatic ring is 2. The van der Waals surface area contributed by atoms with Crippen LogP contribution in [0, 0.1) is 0 Å². The van der Waals surface area contributed by atoms with E-state index in [0.717, 1.165) is 25.4 Å². The maximum atomic E-state index is 5.91. The maximum absolute atomic E-state index is 5.91. The van der Waals surface area contributed by atoms with E-state index >= 15 is 0 Å². The van der Waals surface area contributed by atoms with Gasteiger partial charge in [-0.3, -0.25) is 4.90 Å². The number of fused-ring (bicyclic) bond motifs is 1. The van der Waals surface area contributed by atoms with Crippen molar-refractivity contribution in [1.29, 1.82) is 0 Å². The van der Waals surface area contributed by atoms with Crippen molar-refractivity contribution in [2.75, 3.05) is 43.0 Å². The average Bonchev–Trinajstić information content (AvgIpc) is 2.87. The number of anilines is 3. The molecule has 0 aromatic heterocycles. The fourth-order valence-electron chi connectivity index (χ4n) is 2.93. The minimum absolute atomic E-state index is 0.258. The second-order valence-electron chi connectivity index (χ2n) is 5.47. The number of morpholine rings is 1. The lowest BCUT2D eigenvalue weighted by atomic mass is 10.2. The van der Waals surface area contributed by atoms with Gasteiger partial charge in [-0.2, -0.15) is 0 Å². The Labute approximate surface area is 113 Å². The van der Waals surface area contributed by atoms with Crippen LogP contribution in [-0.4, -0.2) is 43.3 Å². The van der Waals surface area contributed by atoms with Crippen molar-refractivity contribution in [3.8, 4) is 0 Å². The number of benzene rings is 1. The summed E-state index contributed by atoms with van der Waals surface area (Å²) in [6.45, 7) is 3.93. The Kier molecular flexibility index (Phi) is 3.48. The van der Waals surface area contributed by atoms with Crippen molar-refractivity contribution in [2.24, 2.45) is 0 Å². The molecule has 5 nitrogen and oxygen atoms in total. The van der Waals surface area contributed by atoms with E-state index < -0.39 is 0 Å². The quantitative estimate of drug-likeness (QED) is 0.712. The Morgan fingerprint density at radius 2 is 2.21 bits per heavy atom. The third kappa shape index (κ3) is 2.77. The first kappa shape index (κ1) is 12.6. The van der Waals surface area contributed by atoms with Gasteiger partial charge in [0.2, 0.25) is 0 Å². The highest BCUT2D eigenvalue weighted by atomic mass is 16.5. The second-order valence-corrected chi connectivity index (χ2v) is 5.47. The van der Waals surface area contributed by atoms with Gasteiger partial charge in [0.1, 0.15) is 0 Å². The molecule has 0 spiro atoms. The first-order chi connectivity index (χ1) is 9.22. The number of ether oxygens (including phenoxy) is 1. The van der Waals surface area contributed by atoms with Gasteiger partial charge in [-0.15, -0.1) is 0 Å². The molecule has 0 radical (unpaired) electrons. The van der Waals surface area contributed by atoms with Gasteiger partial charge in [0.15, 0.2) is 0 Å². The molecule has 104 valence electrons. The highest BCUT2D eigenvalue weighted by molar-refractivity contribution is 5.69. The number of hydrogen-bond donors (Lipinski definition) is 3. The number of hydrogen-bond acceptors (Lipinski definition) is 5. The van der Waals surface area contributed by atoms with E-state index in [9.17, 15) is 0 Å². The highest BCUT2D eigenvalue weighted by Gasteiger charge is 2.31. The van der Waals surface area contributed by atoms with E-state index in [0.29, 0.717) is 17.4 Å². The Bertz CT molecular complexity index is 451. The summed E-state index contributed by atoms with van der Waals surface area (Å²) >= 11 is 0. The fourth-order valence-corrected chi connectivity index (χ4v) is 2.93. The smallest absolute Gasteiger partial charge is 0.0874 e. The van der Waals surface area contributed by atoms with Crippen molar-refractivity contribution in [2.45, 2.75) is 25.0 Å². The van der Waals surface area contributed by atoms with Crippen molar-refractivity contribution in [3.63, 3.8) is 0 Å². The van der Waals surface area contributed by atoms with Gasteiger partial charge in [-0.25, -0.2) is 0 Å². The predicted molar refractivity (Wildman–Crippen MR) is 78.1 cm³/mol. The van der Waals surface area contributed by atoms with Gasteiger partial charge in [0, 0.05) is 24.8 Å². The molecule has 0 saturated carbocycles. The molecular formula is C14H22N4O. The largest absolute Gasteiger partial charge is 0.397 e. The maximum Gasteiger partial charge on any atom is 0.0874 e. The second kappa shape index (κ2) is 5.27. The molecule has 0 amide bonds. The molecule has 2 heterocycles. The Morgan fingerprint density at radius 1 is 1.32 bits per heavy atom. The van der Waals surface area contributed by atoms with Crippen LogP contribution in [0.15, 0.2) is 18.2 Å². The number of nitrogens with zero attached hydrogens (tertiary/aromatic N) is 1. The number of nitrogens with one attached hydrogen (secondary N) is 1. The summed E-state index contributed by atoms with van der Waals surface area (Å²) in [6, 6.07) is 6.31. The summed E-state index contributed by atoms with van der Waals surface area (Å²) in [5, 5.41) is 3.38. The van der Waals surface area contributed by atoms with Gasteiger partial charge in [-0.1, -0.05) is 0 Å². The number of nitrogens with two attached hydrogens (primary N) is 2. The van der Waals surface area contributed by atoms with Crippen LogP contribution in [-0.2, 0) is 4.74 Å². The molecule has 1 aromatic rings. The summed E-state index contributed by atoms with van der Waals surface area (Å²) < 4.78 is 5.91. The molecule has 1 aromatic carbocycles. The van der Waals surface area contributed by atoms with E-state index in [4.69, 9.17) is 16.2 Å². The third-order valence-corrected chi connectivity index (χ3v) is 4.08. The summed E-state index contributed by atoms with van der Waals surface area (Å²) in [7, 11) is 0. The molecule has 5 N–H and O–H groups in total. The van der Waals surface area contributed by atoms with Crippen LogP contribution in [0.1, 0.15) is 12.8 Å². The van der Waals surface area contributed by atoms with Gasteiger partial charge >= 0.3 is 0 Å². The minimum atomic E-state index is 0.258. The van der Waals surface area contributed by atoms with Crippen LogP contribution in [0.4, 0.5) is 17.1 Å². The summed E-state index contributed by atoms with van der Waals surface area (Å²) in [5.41, 5.74) is 13.7. The zero-order valence-corrected chi connectivity index (χ0v) is 11.1. The molecule has 2 aliphatic rings. The SMILES string of the molecule is Nc1ccc(NCC2CN3CCCC3CO2)cc1N. The molecule has 2 fully saturated rings. The lowest BCUT2D eigenvalue weighted by Crippen LogP contribution is -2.48. The van der Waals surface area contributed by atoms with E-state index in [1.807, 2.05) is 18.2 Å². The normalized spacial score (nSPS) is 27.2. The van der Waals surface area contributed by atoms with Crippen molar-refractivity contribution >= 4 is 17.1 Å². The molecule has 0 bridgehead atoms. The highest BCUT2D eigenvalue weighted by Crippen LogP contribution is 2.23. The molecule has 2 unspecified atom stereocenters. The van der Waals surface area contributed by atoms with Gasteiger partial charge in [0.25, 0.3) is 0 Å². The van der Waals surface area contributed by atoms with E-state index in [1.165, 1.54) is 19.4 Å². The fraction of sp³-hybridized carbons (Fsp3) is 0.571. The molecule has 2 aliphatic heterocycles. The standard InChI is InChI=1S/C14H22N4O/c15-13-4-3-10(6-14(13)16)17-7-12-8-18-5-1-2-11(18)9-19-12/h3-4,6,11-12,17H,1-2,5,7-9,15-16H2. The van der Waals surface area contributed by atoms with E-state index in [1.54, 1.807) is 0 Å². The lowest BCUT2D eigenvalue weighted by Gasteiger charge is -2.35. The molecule has 19 heavy (non-hydrogen) atoms. The lowest BCUT2D eigenvalue weighted by molar-refractivity contribution is -0.0415. The minimum Gasteiger partial charge on any atom is -0.397 e. The summed E-state index contributed by atoms with van der Waals surface area (Å²) in [6.07, 6.45) is 2.85. The Balaban J connectivity index is 1.53. The van der Waals surface area contributed by atoms with E-state index in [2.05, 4.69) is 10.2 Å². The zero-order chi connectivity index (χ0) is 13.2. The molecular weight excluding hydrogens is 240 g/mol. The van der Waals surface area contributed by atoms with Gasteiger partial charge in [0.05, 0.1) is 24.1 Å². The van der Waals surface area contributed by atoms with Gasteiger partial charge < -0.3 is 21.5 Å². The predicted octanol–water partition coefficient (Wildman–Crippen LogP) is 1.13. The number of rotatable bonds is 3. The van der Waals surface area contributed by atoms with Crippen molar-refractivity contribution in [3.05, 3.63) is 18.2 Å². The molecule has 2 atom stereocenters. The van der Waals surface area contributed by atoms with Crippen LogP contribution in [0.5, 0.6) is 0 Å². The molecule has 3 rings (SSSR count). The molecule has 2 saturated heterocycles. The molecule has 0 aliphatic carbocycles. The molecule has 5 heteroatoms. The zero-order valence-electron chi connectivity index (χ0n) is 11.1. The monoisotopic (exact) mass is 262 g/mol. The van der Waals surface area contributed by atoms with Crippen LogP contribution in [0.2, 0.25) is 0 Å². The van der Waals surface area contributed by atoms with Crippen molar-refractivity contribution in [1.82, 2.24) is 4.90 Å². The first-order valence-corrected chi connectivity index (χ1v) is 6.97. The Morgan fingerprint density at radius 3 is 3.05 bits per heavy atom. The average molecular weight is 262 g/mol. The first-order valence-electron chi connectivity index (χ1n) is 6.97. The summed E-state index contributed by atoms with van der Waals surface area (Å²) in [4.78, 5) is 2.55. The van der Waals surface area contributed by atoms with E-state index in [-0.39, 0.29) is 6.10 Å². The van der Waals surface area contributed by atoms with Crippen LogP contribution in [0.25, 0.3) is 0 Å². The van der Waals surface area contributed by atoms with Crippen LogP contribution >= 0.6 is 0 Å². The van der Waals surface area contributed by atoms with Crippen molar-refractivity contribution < 1.29 is 4.74 Å². The van der Waals surface area contributed by atoms with Crippen LogP contribution in [0.3, 0.4) is 0 Å². The Hall–Kier alpha value is -1.46. The summed E-state index contributed by atoms with van der Waals surface area (Å²) in [5.74, 6) is 0. The van der Waals surface area contributed by atoms with Crippen LogP contribution < -0.4 is 16.8 Å². The topological polar surface area (TPSA) is 76.5 Å². The third-order valence-electron chi connectivity index (χ3n) is 4.08.